The molecule has 0 aliphatic heterocycles. The summed E-state index contributed by atoms with van der Waals surface area (Å²) in [7, 11) is 0. The van der Waals surface area contributed by atoms with Crippen LogP contribution in [-0.4, -0.2) is 34.0 Å². The monoisotopic (exact) mass is 522 g/mol. The summed E-state index contributed by atoms with van der Waals surface area (Å²) in [6, 6.07) is 26.9. The van der Waals surface area contributed by atoms with Crippen LogP contribution in [0.4, 0.5) is 0 Å². The molecule has 36 heavy (non-hydrogen) atoms. The lowest BCUT2D eigenvalue weighted by Crippen LogP contribution is -2.54. The molecule has 2 amide bonds. The zero-order chi connectivity index (χ0) is 26.0. The maximum Gasteiger partial charge on any atom is 0.243 e. The number of thioether (sulfide) groups is 1. The number of benzene rings is 3. The van der Waals surface area contributed by atoms with Gasteiger partial charge < -0.3 is 10.2 Å². The Morgan fingerprint density at radius 1 is 0.889 bits per heavy atom. The van der Waals surface area contributed by atoms with E-state index in [4.69, 9.17) is 11.6 Å². The van der Waals surface area contributed by atoms with Crippen molar-refractivity contribution < 1.29 is 9.59 Å². The van der Waals surface area contributed by atoms with Crippen LogP contribution in [0.3, 0.4) is 0 Å². The van der Waals surface area contributed by atoms with Gasteiger partial charge in [0.25, 0.3) is 0 Å². The third-order valence-corrected chi connectivity index (χ3v) is 7.04. The van der Waals surface area contributed by atoms with Crippen molar-refractivity contribution in [1.82, 2.24) is 10.2 Å². The predicted octanol–water partition coefficient (Wildman–Crippen LogP) is 6.52. The molecule has 0 saturated carbocycles. The molecule has 1 atom stereocenters. The van der Waals surface area contributed by atoms with Crippen LogP contribution in [0.5, 0.6) is 0 Å². The summed E-state index contributed by atoms with van der Waals surface area (Å²) in [6.07, 6.45) is 0.770. The highest BCUT2D eigenvalue weighted by Gasteiger charge is 2.32. The van der Waals surface area contributed by atoms with Crippen LogP contribution in [0, 0.1) is 0 Å². The minimum Gasteiger partial charge on any atom is -0.350 e. The van der Waals surface area contributed by atoms with Gasteiger partial charge in [-0.1, -0.05) is 90.5 Å². The van der Waals surface area contributed by atoms with Crippen molar-refractivity contribution in [3.05, 3.63) is 107 Å². The number of carbonyl (C=O) groups excluding carboxylic acids is 2. The van der Waals surface area contributed by atoms with E-state index in [0.717, 1.165) is 16.9 Å². The highest BCUT2D eigenvalue weighted by Crippen LogP contribution is 2.22. The summed E-state index contributed by atoms with van der Waals surface area (Å²) in [5, 5.41) is 3.68. The first kappa shape index (κ1) is 27.8. The van der Waals surface area contributed by atoms with E-state index in [1.807, 2.05) is 93.6 Å². The van der Waals surface area contributed by atoms with Gasteiger partial charge in [0.2, 0.25) is 11.8 Å². The van der Waals surface area contributed by atoms with E-state index >= 15 is 0 Å². The average Bonchev–Trinajstić information content (AvgIpc) is 2.85. The normalized spacial score (nSPS) is 12.1. The highest BCUT2D eigenvalue weighted by atomic mass is 35.5. The molecule has 0 aliphatic carbocycles. The summed E-state index contributed by atoms with van der Waals surface area (Å²) in [5.74, 6) is 1.30. The number of nitrogens with one attached hydrogen (secondary N) is 1. The van der Waals surface area contributed by atoms with E-state index in [1.165, 1.54) is 5.56 Å². The van der Waals surface area contributed by atoms with Crippen molar-refractivity contribution in [2.24, 2.45) is 0 Å². The molecule has 0 aromatic heterocycles. The first-order valence-corrected chi connectivity index (χ1v) is 13.8. The topological polar surface area (TPSA) is 49.4 Å². The number of hydrogen-bond acceptors (Lipinski definition) is 3. The van der Waals surface area contributed by atoms with Gasteiger partial charge in [0.05, 0.1) is 0 Å². The molecule has 0 spiro atoms. The van der Waals surface area contributed by atoms with Crippen molar-refractivity contribution in [2.45, 2.75) is 57.5 Å². The molecule has 3 aromatic carbocycles. The minimum absolute atomic E-state index is 0.0551. The summed E-state index contributed by atoms with van der Waals surface area (Å²) < 4.78 is 0. The molecule has 3 rings (SSSR count). The SMILES string of the molecule is CC(C)(C)NC(=O)C(Cc1ccccc1)N(Cc1ccccc1Cl)C(=O)CCSCc1ccccc1. The quantitative estimate of drug-likeness (QED) is 0.292. The Morgan fingerprint density at radius 2 is 1.47 bits per heavy atom. The largest absolute Gasteiger partial charge is 0.350 e. The maximum atomic E-state index is 13.7. The van der Waals surface area contributed by atoms with E-state index in [2.05, 4.69) is 17.4 Å². The van der Waals surface area contributed by atoms with Crippen molar-refractivity contribution in [3.8, 4) is 0 Å². The zero-order valence-electron chi connectivity index (χ0n) is 21.2. The average molecular weight is 523 g/mol. The molecule has 0 aliphatic rings. The zero-order valence-corrected chi connectivity index (χ0v) is 22.8. The van der Waals surface area contributed by atoms with Gasteiger partial charge in [-0.3, -0.25) is 9.59 Å². The van der Waals surface area contributed by atoms with Gasteiger partial charge in [0, 0.05) is 41.5 Å². The van der Waals surface area contributed by atoms with Crippen molar-refractivity contribution in [3.63, 3.8) is 0 Å². The van der Waals surface area contributed by atoms with Gasteiger partial charge in [0.15, 0.2) is 0 Å². The van der Waals surface area contributed by atoms with Gasteiger partial charge in [-0.2, -0.15) is 11.8 Å². The number of hydrogen-bond donors (Lipinski definition) is 1. The lowest BCUT2D eigenvalue weighted by Gasteiger charge is -2.34. The number of carbonyl (C=O) groups is 2. The Labute approximate surface area is 224 Å². The first-order chi connectivity index (χ1) is 17.2. The Hall–Kier alpha value is -2.76. The van der Waals surface area contributed by atoms with Crippen LogP contribution < -0.4 is 5.32 Å². The predicted molar refractivity (Wildman–Crippen MR) is 151 cm³/mol. The third-order valence-electron chi connectivity index (χ3n) is 5.64. The molecule has 6 heteroatoms. The van der Waals surface area contributed by atoms with Crippen LogP contribution in [0.2, 0.25) is 5.02 Å². The van der Waals surface area contributed by atoms with Gasteiger partial charge in [-0.15, -0.1) is 0 Å². The van der Waals surface area contributed by atoms with Gasteiger partial charge in [-0.25, -0.2) is 0 Å². The van der Waals surface area contributed by atoms with Crippen LogP contribution in [0.1, 0.15) is 43.9 Å². The number of nitrogens with zero attached hydrogens (tertiary/aromatic N) is 1. The first-order valence-electron chi connectivity index (χ1n) is 12.2. The van der Waals surface area contributed by atoms with Crippen LogP contribution in [0.25, 0.3) is 0 Å². The molecule has 190 valence electrons. The van der Waals surface area contributed by atoms with E-state index in [0.29, 0.717) is 23.6 Å². The molecule has 0 saturated heterocycles. The second kappa shape index (κ2) is 13.5. The summed E-state index contributed by atoms with van der Waals surface area (Å²) >= 11 is 8.20. The van der Waals surface area contributed by atoms with Gasteiger partial charge in [-0.05, 0) is 43.5 Å². The minimum atomic E-state index is -0.658. The van der Waals surface area contributed by atoms with E-state index in [-0.39, 0.29) is 18.4 Å². The Balaban J connectivity index is 1.83. The molecule has 0 radical (unpaired) electrons. The lowest BCUT2D eigenvalue weighted by molar-refractivity contribution is -0.141. The number of halogens is 1. The smallest absolute Gasteiger partial charge is 0.243 e. The van der Waals surface area contributed by atoms with Crippen LogP contribution >= 0.6 is 23.4 Å². The molecule has 3 aromatic rings. The fourth-order valence-corrected chi connectivity index (χ4v) is 4.97. The van der Waals surface area contributed by atoms with Crippen molar-refractivity contribution in [2.75, 3.05) is 5.75 Å². The number of amides is 2. The molecule has 4 nitrogen and oxygen atoms in total. The molecule has 0 fully saturated rings. The summed E-state index contributed by atoms with van der Waals surface area (Å²) in [6.45, 7) is 6.12. The van der Waals surface area contributed by atoms with Gasteiger partial charge in [0.1, 0.15) is 6.04 Å². The fourth-order valence-electron chi connectivity index (χ4n) is 3.88. The molecular weight excluding hydrogens is 488 g/mol. The molecule has 1 N–H and O–H groups in total. The summed E-state index contributed by atoms with van der Waals surface area (Å²) in [4.78, 5) is 28.9. The van der Waals surface area contributed by atoms with E-state index in [9.17, 15) is 9.59 Å². The lowest BCUT2D eigenvalue weighted by atomic mass is 10.0. The number of rotatable bonds is 11. The van der Waals surface area contributed by atoms with Crippen LogP contribution in [0.15, 0.2) is 84.9 Å². The van der Waals surface area contributed by atoms with Crippen molar-refractivity contribution >= 4 is 35.2 Å². The van der Waals surface area contributed by atoms with Gasteiger partial charge >= 0.3 is 0 Å². The molecule has 0 bridgehead atoms. The highest BCUT2D eigenvalue weighted by molar-refractivity contribution is 7.98. The second-order valence-electron chi connectivity index (χ2n) is 9.85. The molecule has 0 heterocycles. The Morgan fingerprint density at radius 3 is 2.08 bits per heavy atom. The Kier molecular flexibility index (Phi) is 10.4. The standard InChI is InChI=1S/C30H35ClN2O2S/c1-30(2,3)32-29(35)27(20-23-12-6-4-7-13-23)33(21-25-16-10-11-17-26(25)31)28(34)18-19-36-22-24-14-8-5-9-15-24/h4-17,27H,18-22H2,1-3H3,(H,32,35). The third kappa shape index (κ3) is 9.03. The van der Waals surface area contributed by atoms with Crippen LogP contribution in [-0.2, 0) is 28.3 Å². The summed E-state index contributed by atoms with van der Waals surface area (Å²) in [5.41, 5.74) is 2.64. The second-order valence-corrected chi connectivity index (χ2v) is 11.4. The fraction of sp³-hybridized carbons (Fsp3) is 0.333. The molecule has 1 unspecified atom stereocenters. The maximum absolute atomic E-state index is 13.7. The van der Waals surface area contributed by atoms with E-state index < -0.39 is 11.6 Å². The van der Waals surface area contributed by atoms with E-state index in [1.54, 1.807) is 16.7 Å². The molecular formula is C30H35ClN2O2S. The van der Waals surface area contributed by atoms with Crippen molar-refractivity contribution in [1.29, 1.82) is 0 Å². The Bertz CT molecular complexity index is 1120.